The van der Waals surface area contributed by atoms with Crippen LogP contribution in [0.5, 0.6) is 0 Å². The molecule has 0 bridgehead atoms. The van der Waals surface area contributed by atoms with Crippen molar-refractivity contribution in [1.82, 2.24) is 8.94 Å². The molecule has 0 amide bonds. The Kier molecular flexibility index (Phi) is 3.56. The molecule has 22 heavy (non-hydrogen) atoms. The molecule has 0 radical (unpaired) electrons. The van der Waals surface area contributed by atoms with Crippen molar-refractivity contribution in [3.8, 4) is 17.1 Å². The zero-order valence-electron chi connectivity index (χ0n) is 11.6. The van der Waals surface area contributed by atoms with E-state index in [4.69, 9.17) is 0 Å². The smallest absolute Gasteiger partial charge is 0.258 e. The number of nitro benzene ring substituents is 1. The second-order valence-corrected chi connectivity index (χ2v) is 5.46. The standard InChI is InChI=1S/C15H11N3O3S/c1-10-2-6-12(7-3-10)17-14(16-22-15(17)19)11-4-8-13(9-5-11)18(20)21/h2-9H,1H3. The third kappa shape index (κ3) is 2.53. The first-order chi connectivity index (χ1) is 10.6. The summed E-state index contributed by atoms with van der Waals surface area (Å²) in [5, 5.41) is 10.7. The van der Waals surface area contributed by atoms with E-state index in [1.807, 2.05) is 31.2 Å². The van der Waals surface area contributed by atoms with Gasteiger partial charge in [0.05, 0.1) is 10.6 Å². The Hall–Kier alpha value is -2.80. The third-order valence-electron chi connectivity index (χ3n) is 3.23. The Morgan fingerprint density at radius 3 is 2.32 bits per heavy atom. The molecule has 3 aromatic rings. The number of aromatic nitrogens is 2. The fourth-order valence-corrected chi connectivity index (χ4v) is 2.71. The fraction of sp³-hybridized carbons (Fsp3) is 0.0667. The first-order valence-corrected chi connectivity index (χ1v) is 7.24. The van der Waals surface area contributed by atoms with Crippen molar-refractivity contribution in [3.63, 3.8) is 0 Å². The van der Waals surface area contributed by atoms with E-state index in [2.05, 4.69) is 4.37 Å². The molecule has 0 atom stereocenters. The Morgan fingerprint density at radius 1 is 1.09 bits per heavy atom. The number of benzene rings is 2. The molecular formula is C15H11N3O3S. The fourth-order valence-electron chi connectivity index (χ4n) is 2.09. The molecule has 7 heteroatoms. The first kappa shape index (κ1) is 14.2. The second kappa shape index (κ2) is 5.53. The minimum atomic E-state index is -0.460. The number of hydrogen-bond donors (Lipinski definition) is 0. The molecule has 0 saturated heterocycles. The van der Waals surface area contributed by atoms with Crippen LogP contribution in [0.4, 0.5) is 5.69 Å². The molecule has 0 aliphatic rings. The van der Waals surface area contributed by atoms with Gasteiger partial charge < -0.3 is 0 Å². The van der Waals surface area contributed by atoms with E-state index in [9.17, 15) is 14.9 Å². The average molecular weight is 313 g/mol. The van der Waals surface area contributed by atoms with Gasteiger partial charge in [-0.3, -0.25) is 14.9 Å². The SMILES string of the molecule is Cc1ccc(-n2c(-c3ccc([N+](=O)[O-])cc3)nsc2=O)cc1. The summed E-state index contributed by atoms with van der Waals surface area (Å²) in [5.74, 6) is 0.480. The lowest BCUT2D eigenvalue weighted by Gasteiger charge is -2.06. The van der Waals surface area contributed by atoms with Crippen LogP contribution in [0.2, 0.25) is 0 Å². The molecule has 0 N–H and O–H groups in total. The lowest BCUT2D eigenvalue weighted by atomic mass is 10.2. The summed E-state index contributed by atoms with van der Waals surface area (Å²) >= 11 is 0.859. The van der Waals surface area contributed by atoms with Crippen molar-refractivity contribution in [3.05, 3.63) is 73.9 Å². The highest BCUT2D eigenvalue weighted by molar-refractivity contribution is 7.03. The van der Waals surface area contributed by atoms with Gasteiger partial charge in [-0.2, -0.15) is 4.37 Å². The monoisotopic (exact) mass is 313 g/mol. The maximum absolute atomic E-state index is 12.1. The maximum atomic E-state index is 12.1. The van der Waals surface area contributed by atoms with Crippen LogP contribution in [-0.2, 0) is 0 Å². The van der Waals surface area contributed by atoms with Gasteiger partial charge in [-0.25, -0.2) is 4.57 Å². The van der Waals surface area contributed by atoms with Crippen LogP contribution in [0, 0.1) is 17.0 Å². The van der Waals surface area contributed by atoms with Crippen molar-refractivity contribution in [2.45, 2.75) is 6.92 Å². The van der Waals surface area contributed by atoms with E-state index in [0.717, 1.165) is 22.8 Å². The van der Waals surface area contributed by atoms with E-state index < -0.39 is 4.92 Å². The van der Waals surface area contributed by atoms with E-state index in [1.54, 1.807) is 12.1 Å². The maximum Gasteiger partial charge on any atom is 0.331 e. The molecule has 0 saturated carbocycles. The van der Waals surface area contributed by atoms with Gasteiger partial charge in [-0.1, -0.05) is 17.7 Å². The highest BCUT2D eigenvalue weighted by atomic mass is 32.1. The number of hydrogen-bond acceptors (Lipinski definition) is 5. The predicted molar refractivity (Wildman–Crippen MR) is 84.5 cm³/mol. The highest BCUT2D eigenvalue weighted by Gasteiger charge is 2.14. The van der Waals surface area contributed by atoms with Crippen LogP contribution < -0.4 is 4.87 Å². The Morgan fingerprint density at radius 2 is 1.73 bits per heavy atom. The van der Waals surface area contributed by atoms with Crippen molar-refractivity contribution in [2.75, 3.05) is 0 Å². The summed E-state index contributed by atoms with van der Waals surface area (Å²) in [7, 11) is 0. The minimum Gasteiger partial charge on any atom is -0.258 e. The van der Waals surface area contributed by atoms with Gasteiger partial charge in [-0.15, -0.1) is 0 Å². The molecule has 0 aliphatic carbocycles. The Labute approximate surface area is 129 Å². The van der Waals surface area contributed by atoms with Gasteiger partial charge >= 0.3 is 4.87 Å². The minimum absolute atomic E-state index is 0.00297. The van der Waals surface area contributed by atoms with Gasteiger partial charge in [0.25, 0.3) is 5.69 Å². The lowest BCUT2D eigenvalue weighted by Crippen LogP contribution is -2.11. The van der Waals surface area contributed by atoms with Gasteiger partial charge in [0.15, 0.2) is 5.82 Å². The number of non-ortho nitro benzene ring substituents is 1. The first-order valence-electron chi connectivity index (χ1n) is 6.47. The summed E-state index contributed by atoms with van der Waals surface area (Å²) in [4.78, 5) is 22.1. The Bertz CT molecular complexity index is 880. The zero-order valence-corrected chi connectivity index (χ0v) is 12.4. The molecule has 0 aliphatic heterocycles. The molecule has 3 rings (SSSR count). The molecule has 110 valence electrons. The number of nitro groups is 1. The topological polar surface area (TPSA) is 78.0 Å². The molecule has 6 nitrogen and oxygen atoms in total. The van der Waals surface area contributed by atoms with Gasteiger partial charge in [0.1, 0.15) is 0 Å². The van der Waals surface area contributed by atoms with Crippen LogP contribution in [0.15, 0.2) is 53.3 Å². The summed E-state index contributed by atoms with van der Waals surface area (Å²) in [6.45, 7) is 1.97. The van der Waals surface area contributed by atoms with Crippen LogP contribution >= 0.6 is 11.5 Å². The van der Waals surface area contributed by atoms with Gasteiger partial charge in [-0.05, 0) is 31.2 Å². The normalized spacial score (nSPS) is 10.6. The molecule has 0 unspecified atom stereocenters. The van der Waals surface area contributed by atoms with Crippen LogP contribution in [0.1, 0.15) is 5.56 Å². The van der Waals surface area contributed by atoms with Crippen molar-refractivity contribution < 1.29 is 4.92 Å². The number of rotatable bonds is 3. The van der Waals surface area contributed by atoms with Crippen molar-refractivity contribution in [2.24, 2.45) is 0 Å². The molecule has 0 fully saturated rings. The average Bonchev–Trinajstić information content (AvgIpc) is 2.90. The van der Waals surface area contributed by atoms with Gasteiger partial charge in [0.2, 0.25) is 0 Å². The quantitative estimate of drug-likeness (QED) is 0.549. The summed E-state index contributed by atoms with van der Waals surface area (Å²) in [6, 6.07) is 13.5. The largest absolute Gasteiger partial charge is 0.331 e. The molecular weight excluding hydrogens is 302 g/mol. The Balaban J connectivity index is 2.11. The van der Waals surface area contributed by atoms with Crippen molar-refractivity contribution in [1.29, 1.82) is 0 Å². The molecule has 0 spiro atoms. The third-order valence-corrected chi connectivity index (χ3v) is 3.84. The predicted octanol–water partition coefficient (Wildman–Crippen LogP) is 3.18. The number of aryl methyl sites for hydroxylation is 1. The summed E-state index contributed by atoms with van der Waals surface area (Å²) < 4.78 is 5.69. The summed E-state index contributed by atoms with van der Waals surface area (Å²) in [5.41, 5.74) is 2.47. The zero-order chi connectivity index (χ0) is 15.7. The highest BCUT2D eigenvalue weighted by Crippen LogP contribution is 2.23. The van der Waals surface area contributed by atoms with Crippen LogP contribution in [-0.4, -0.2) is 13.9 Å². The van der Waals surface area contributed by atoms with E-state index >= 15 is 0 Å². The molecule has 1 heterocycles. The molecule has 2 aromatic carbocycles. The number of nitrogens with zero attached hydrogens (tertiary/aromatic N) is 3. The summed E-state index contributed by atoms with van der Waals surface area (Å²) in [6.07, 6.45) is 0. The lowest BCUT2D eigenvalue weighted by molar-refractivity contribution is -0.384. The van der Waals surface area contributed by atoms with E-state index in [-0.39, 0.29) is 10.6 Å². The second-order valence-electron chi connectivity index (χ2n) is 4.75. The van der Waals surface area contributed by atoms with E-state index in [0.29, 0.717) is 11.4 Å². The van der Waals surface area contributed by atoms with Crippen molar-refractivity contribution >= 4 is 17.2 Å². The van der Waals surface area contributed by atoms with Crippen LogP contribution in [0.3, 0.4) is 0 Å². The molecule has 1 aromatic heterocycles. The van der Waals surface area contributed by atoms with Gasteiger partial charge in [0, 0.05) is 29.2 Å². The van der Waals surface area contributed by atoms with E-state index in [1.165, 1.54) is 16.7 Å². The van der Waals surface area contributed by atoms with Crippen LogP contribution in [0.25, 0.3) is 17.1 Å².